The largest absolute Gasteiger partial charge is 0.497 e. The lowest BCUT2D eigenvalue weighted by Crippen LogP contribution is -1.87. The molecule has 0 bridgehead atoms. The molecule has 0 aliphatic rings. The minimum absolute atomic E-state index is 0.618. The van der Waals surface area contributed by atoms with Crippen LogP contribution >= 0.6 is 0 Å². The molecule has 0 saturated carbocycles. The summed E-state index contributed by atoms with van der Waals surface area (Å²) in [5, 5.41) is 0. The van der Waals surface area contributed by atoms with Gasteiger partial charge < -0.3 is 19.2 Å². The Morgan fingerprint density at radius 3 is 1.91 bits per heavy atom. The number of aromatic nitrogens is 2. The number of ether oxygens (including phenoxy) is 3. The average Bonchev–Trinajstić information content (AvgIpc) is 3.32. The standard InChI is InChI=1S/C28H28N2O3/c1-4-33-19-5-6-20-7-9-23(10-8-20)28-29-26(21-11-15-24(31-2)16-12-21)27(30-28)22-13-17-25(32-3)18-14-22/h5-18H,4,19H2,1-3H3,(H,29,30)/b6-5+. The van der Waals surface area contributed by atoms with Crippen molar-refractivity contribution in [3.8, 4) is 45.4 Å². The van der Waals surface area contributed by atoms with E-state index in [1.165, 1.54) is 0 Å². The molecule has 168 valence electrons. The minimum Gasteiger partial charge on any atom is -0.497 e. The lowest BCUT2D eigenvalue weighted by molar-refractivity contribution is 0.178. The molecule has 1 heterocycles. The van der Waals surface area contributed by atoms with Crippen molar-refractivity contribution in [2.75, 3.05) is 27.4 Å². The number of imidazole rings is 1. The molecule has 0 saturated heterocycles. The highest BCUT2D eigenvalue weighted by Crippen LogP contribution is 2.34. The first kappa shape index (κ1) is 22.4. The van der Waals surface area contributed by atoms with E-state index in [0.717, 1.165) is 57.6 Å². The molecular formula is C28H28N2O3. The average molecular weight is 441 g/mol. The van der Waals surface area contributed by atoms with Crippen molar-refractivity contribution >= 4 is 6.08 Å². The molecule has 1 aromatic heterocycles. The fraction of sp³-hybridized carbons (Fsp3) is 0.179. The van der Waals surface area contributed by atoms with Crippen molar-refractivity contribution < 1.29 is 14.2 Å². The molecule has 5 nitrogen and oxygen atoms in total. The number of benzene rings is 3. The Bertz CT molecular complexity index is 1130. The second-order valence-corrected chi connectivity index (χ2v) is 7.45. The van der Waals surface area contributed by atoms with Crippen LogP contribution in [0.5, 0.6) is 11.5 Å². The van der Waals surface area contributed by atoms with Crippen molar-refractivity contribution in [2.24, 2.45) is 0 Å². The van der Waals surface area contributed by atoms with Crippen LogP contribution in [0.25, 0.3) is 40.0 Å². The molecule has 0 aliphatic carbocycles. The predicted molar refractivity (Wildman–Crippen MR) is 134 cm³/mol. The van der Waals surface area contributed by atoms with Crippen molar-refractivity contribution in [3.05, 3.63) is 84.4 Å². The van der Waals surface area contributed by atoms with E-state index >= 15 is 0 Å². The predicted octanol–water partition coefficient (Wildman–Crippen LogP) is 6.48. The smallest absolute Gasteiger partial charge is 0.138 e. The number of hydrogen-bond acceptors (Lipinski definition) is 4. The zero-order valence-corrected chi connectivity index (χ0v) is 19.2. The number of nitrogens with one attached hydrogen (secondary N) is 1. The maximum atomic E-state index is 5.36. The summed E-state index contributed by atoms with van der Waals surface area (Å²) in [4.78, 5) is 8.51. The molecular weight excluding hydrogens is 412 g/mol. The monoisotopic (exact) mass is 440 g/mol. The molecule has 0 aliphatic heterocycles. The summed E-state index contributed by atoms with van der Waals surface area (Å²) in [6, 6.07) is 24.3. The first-order chi connectivity index (χ1) is 16.2. The van der Waals surface area contributed by atoms with Crippen LogP contribution in [0.2, 0.25) is 0 Å². The van der Waals surface area contributed by atoms with Crippen LogP contribution in [0.3, 0.4) is 0 Å². The molecule has 33 heavy (non-hydrogen) atoms. The zero-order valence-electron chi connectivity index (χ0n) is 19.2. The Labute approximate surface area is 194 Å². The normalized spacial score (nSPS) is 11.1. The first-order valence-corrected chi connectivity index (χ1v) is 11.0. The Balaban J connectivity index is 1.70. The third-order valence-corrected chi connectivity index (χ3v) is 5.36. The van der Waals surface area contributed by atoms with E-state index in [4.69, 9.17) is 19.2 Å². The highest BCUT2D eigenvalue weighted by molar-refractivity contribution is 5.81. The van der Waals surface area contributed by atoms with Gasteiger partial charge >= 0.3 is 0 Å². The van der Waals surface area contributed by atoms with Crippen LogP contribution in [0.1, 0.15) is 12.5 Å². The van der Waals surface area contributed by atoms with Crippen molar-refractivity contribution in [2.45, 2.75) is 6.92 Å². The topological polar surface area (TPSA) is 56.4 Å². The number of rotatable bonds is 9. The van der Waals surface area contributed by atoms with Gasteiger partial charge in [-0.15, -0.1) is 0 Å². The fourth-order valence-electron chi connectivity index (χ4n) is 3.56. The lowest BCUT2D eigenvalue weighted by atomic mass is 10.0. The van der Waals surface area contributed by atoms with E-state index in [-0.39, 0.29) is 0 Å². The van der Waals surface area contributed by atoms with E-state index in [9.17, 15) is 0 Å². The Kier molecular flexibility index (Phi) is 7.22. The summed E-state index contributed by atoms with van der Waals surface area (Å²) < 4.78 is 16.0. The lowest BCUT2D eigenvalue weighted by Gasteiger charge is -2.06. The van der Waals surface area contributed by atoms with E-state index in [1.54, 1.807) is 14.2 Å². The molecule has 0 atom stereocenters. The van der Waals surface area contributed by atoms with Gasteiger partial charge in [0.15, 0.2) is 0 Å². The number of methoxy groups -OCH3 is 2. The van der Waals surface area contributed by atoms with Gasteiger partial charge in [-0.2, -0.15) is 0 Å². The summed E-state index contributed by atoms with van der Waals surface area (Å²) in [6.45, 7) is 3.33. The highest BCUT2D eigenvalue weighted by Gasteiger charge is 2.15. The number of aromatic amines is 1. The van der Waals surface area contributed by atoms with Gasteiger partial charge in [-0.1, -0.05) is 36.4 Å². The third kappa shape index (κ3) is 5.33. The summed E-state index contributed by atoms with van der Waals surface area (Å²) >= 11 is 0. The van der Waals surface area contributed by atoms with Crippen LogP contribution in [0.4, 0.5) is 0 Å². The summed E-state index contributed by atoms with van der Waals surface area (Å²) in [5.74, 6) is 2.45. The third-order valence-electron chi connectivity index (χ3n) is 5.36. The van der Waals surface area contributed by atoms with Crippen LogP contribution < -0.4 is 9.47 Å². The zero-order chi connectivity index (χ0) is 23.0. The van der Waals surface area contributed by atoms with E-state index in [0.29, 0.717) is 6.61 Å². The summed E-state index contributed by atoms with van der Waals surface area (Å²) in [6.07, 6.45) is 4.09. The van der Waals surface area contributed by atoms with Gasteiger partial charge in [-0.3, -0.25) is 0 Å². The van der Waals surface area contributed by atoms with E-state index in [1.807, 2.05) is 61.5 Å². The van der Waals surface area contributed by atoms with Crippen molar-refractivity contribution in [1.29, 1.82) is 0 Å². The quantitative estimate of drug-likeness (QED) is 0.303. The first-order valence-electron chi connectivity index (χ1n) is 11.0. The van der Waals surface area contributed by atoms with Gasteiger partial charge in [0.25, 0.3) is 0 Å². The van der Waals surface area contributed by atoms with Crippen molar-refractivity contribution in [1.82, 2.24) is 9.97 Å². The number of hydrogen-bond donors (Lipinski definition) is 1. The fourth-order valence-corrected chi connectivity index (χ4v) is 3.56. The molecule has 0 radical (unpaired) electrons. The van der Waals surface area contributed by atoms with Crippen LogP contribution in [0.15, 0.2) is 78.9 Å². The van der Waals surface area contributed by atoms with Gasteiger partial charge in [0.05, 0.1) is 32.2 Å². The Hall–Kier alpha value is -3.83. The molecule has 0 fully saturated rings. The van der Waals surface area contributed by atoms with Gasteiger partial charge in [-0.25, -0.2) is 4.98 Å². The van der Waals surface area contributed by atoms with E-state index in [2.05, 4.69) is 35.3 Å². The molecule has 4 rings (SSSR count). The summed E-state index contributed by atoms with van der Waals surface area (Å²) in [5.41, 5.74) is 6.04. The number of H-pyrrole nitrogens is 1. The van der Waals surface area contributed by atoms with Crippen LogP contribution in [-0.2, 0) is 4.74 Å². The molecule has 4 aromatic rings. The van der Waals surface area contributed by atoms with Gasteiger partial charge in [-0.05, 0) is 61.0 Å². The Morgan fingerprint density at radius 2 is 1.33 bits per heavy atom. The Morgan fingerprint density at radius 1 is 0.758 bits per heavy atom. The number of nitrogens with zero attached hydrogens (tertiary/aromatic N) is 1. The summed E-state index contributed by atoms with van der Waals surface area (Å²) in [7, 11) is 3.34. The van der Waals surface area contributed by atoms with Crippen molar-refractivity contribution in [3.63, 3.8) is 0 Å². The minimum atomic E-state index is 0.618. The maximum Gasteiger partial charge on any atom is 0.138 e. The maximum absolute atomic E-state index is 5.36. The second-order valence-electron chi connectivity index (χ2n) is 7.45. The molecule has 1 N–H and O–H groups in total. The van der Waals surface area contributed by atoms with Crippen LogP contribution in [-0.4, -0.2) is 37.4 Å². The molecule has 0 spiro atoms. The molecule has 3 aromatic carbocycles. The van der Waals surface area contributed by atoms with Gasteiger partial charge in [0, 0.05) is 23.3 Å². The van der Waals surface area contributed by atoms with Crippen LogP contribution in [0, 0.1) is 0 Å². The molecule has 0 amide bonds. The van der Waals surface area contributed by atoms with Gasteiger partial charge in [0.2, 0.25) is 0 Å². The highest BCUT2D eigenvalue weighted by atomic mass is 16.5. The SMILES string of the molecule is CCOC/C=C/c1ccc(-c2nc(-c3ccc(OC)cc3)c(-c3ccc(OC)cc3)[nH]2)cc1. The molecule has 0 unspecified atom stereocenters. The molecule has 5 heteroatoms. The van der Waals surface area contributed by atoms with Gasteiger partial charge in [0.1, 0.15) is 17.3 Å². The van der Waals surface area contributed by atoms with E-state index < -0.39 is 0 Å². The second kappa shape index (κ2) is 10.7.